The first-order valence-corrected chi connectivity index (χ1v) is 3.62. The maximum atomic E-state index is 9.08. The zero-order chi connectivity index (χ0) is 7.56. The van der Waals surface area contributed by atoms with Crippen molar-refractivity contribution in [1.29, 1.82) is 0 Å². The highest BCUT2D eigenvalue weighted by molar-refractivity contribution is 7.11. The van der Waals surface area contributed by atoms with E-state index in [1.807, 2.05) is 6.92 Å². The highest BCUT2D eigenvalue weighted by Crippen LogP contribution is 2.18. The molecule has 0 fully saturated rings. The highest BCUT2D eigenvalue weighted by atomic mass is 32.1. The molecule has 0 bridgehead atoms. The summed E-state index contributed by atoms with van der Waals surface area (Å²) >= 11 is 1.42. The Balaban J connectivity index is 2.87. The van der Waals surface area contributed by atoms with Crippen LogP contribution in [0.25, 0.3) is 0 Å². The van der Waals surface area contributed by atoms with Crippen molar-refractivity contribution in [3.8, 4) is 12.3 Å². The van der Waals surface area contributed by atoms with Gasteiger partial charge >= 0.3 is 0 Å². The molecule has 1 aromatic heterocycles. The van der Waals surface area contributed by atoms with E-state index in [1.54, 1.807) is 6.20 Å². The Morgan fingerprint density at radius 3 is 3.00 bits per heavy atom. The van der Waals surface area contributed by atoms with Crippen molar-refractivity contribution < 1.29 is 5.11 Å². The van der Waals surface area contributed by atoms with E-state index in [1.165, 1.54) is 11.3 Å². The predicted molar refractivity (Wildman–Crippen MR) is 40.6 cm³/mol. The molecular weight excluding hydrogens is 146 g/mol. The van der Waals surface area contributed by atoms with Gasteiger partial charge in [-0.1, -0.05) is 5.92 Å². The van der Waals surface area contributed by atoms with Crippen molar-refractivity contribution in [2.24, 2.45) is 0 Å². The van der Waals surface area contributed by atoms with Crippen molar-refractivity contribution in [3.05, 3.63) is 16.1 Å². The van der Waals surface area contributed by atoms with Crippen LogP contribution in [0.1, 0.15) is 16.0 Å². The Kier molecular flexibility index (Phi) is 2.05. The summed E-state index contributed by atoms with van der Waals surface area (Å²) in [5.74, 6) is 2.22. The fraction of sp³-hybridized carbons (Fsp3) is 0.286. The molecule has 1 N–H and O–H groups in total. The molecule has 2 nitrogen and oxygen atoms in total. The number of aliphatic hydroxyl groups is 1. The molecule has 3 heteroatoms. The molecule has 1 atom stereocenters. The van der Waals surface area contributed by atoms with E-state index in [-0.39, 0.29) is 0 Å². The molecule has 0 spiro atoms. The molecule has 0 aliphatic carbocycles. The first kappa shape index (κ1) is 7.26. The normalized spacial score (nSPS) is 12.5. The summed E-state index contributed by atoms with van der Waals surface area (Å²) in [5.41, 5.74) is 0. The van der Waals surface area contributed by atoms with Crippen LogP contribution >= 0.6 is 11.3 Å². The molecule has 0 unspecified atom stereocenters. The largest absolute Gasteiger partial charge is 0.375 e. The third-order valence-corrected chi connectivity index (χ3v) is 2.03. The topological polar surface area (TPSA) is 33.1 Å². The molecule has 0 saturated heterocycles. The molecule has 1 heterocycles. The number of aromatic nitrogens is 1. The fourth-order valence-electron chi connectivity index (χ4n) is 0.586. The first-order chi connectivity index (χ1) is 4.74. The average molecular weight is 153 g/mol. The van der Waals surface area contributed by atoms with Crippen LogP contribution in [0, 0.1) is 19.3 Å². The zero-order valence-corrected chi connectivity index (χ0v) is 6.35. The highest BCUT2D eigenvalue weighted by Gasteiger charge is 2.05. The van der Waals surface area contributed by atoms with Gasteiger partial charge in [0.05, 0.1) is 9.88 Å². The van der Waals surface area contributed by atoms with Gasteiger partial charge < -0.3 is 5.11 Å². The monoisotopic (exact) mass is 153 g/mol. The quantitative estimate of drug-likeness (QED) is 0.613. The van der Waals surface area contributed by atoms with E-state index in [0.29, 0.717) is 0 Å². The first-order valence-electron chi connectivity index (χ1n) is 2.80. The van der Waals surface area contributed by atoms with E-state index in [0.717, 1.165) is 9.88 Å². The summed E-state index contributed by atoms with van der Waals surface area (Å²) in [6.45, 7) is 1.87. The molecule has 0 saturated carbocycles. The standard InChI is InChI=1S/C7H7NOS/c1-3-6(9)7-4-8-5(2)10-7/h1,4,6,9H,2H3/t6-/m0/s1. The average Bonchev–Trinajstić information content (AvgIpc) is 2.34. The summed E-state index contributed by atoms with van der Waals surface area (Å²) in [6.07, 6.45) is 5.81. The Labute approximate surface area is 63.5 Å². The number of hydrogen-bond donors (Lipinski definition) is 1. The Morgan fingerprint density at radius 2 is 2.60 bits per heavy atom. The van der Waals surface area contributed by atoms with Crippen molar-refractivity contribution in [1.82, 2.24) is 4.98 Å². The number of terminal acetylenes is 1. The molecule has 0 aromatic carbocycles. The Hall–Kier alpha value is -0.850. The fourth-order valence-corrected chi connectivity index (χ4v) is 1.32. The Bertz CT molecular complexity index is 261. The van der Waals surface area contributed by atoms with Gasteiger partial charge in [-0.05, 0) is 6.92 Å². The molecule has 0 radical (unpaired) electrons. The van der Waals surface area contributed by atoms with E-state index in [4.69, 9.17) is 11.5 Å². The zero-order valence-electron chi connectivity index (χ0n) is 5.53. The molecule has 1 aromatic rings. The summed E-state index contributed by atoms with van der Waals surface area (Å²) in [4.78, 5) is 4.68. The van der Waals surface area contributed by atoms with Gasteiger partial charge in [0.1, 0.15) is 0 Å². The van der Waals surface area contributed by atoms with Gasteiger partial charge in [-0.15, -0.1) is 17.8 Å². The van der Waals surface area contributed by atoms with Crippen LogP contribution < -0.4 is 0 Å². The van der Waals surface area contributed by atoms with Crippen molar-refractivity contribution in [2.45, 2.75) is 13.0 Å². The maximum Gasteiger partial charge on any atom is 0.150 e. The van der Waals surface area contributed by atoms with E-state index in [9.17, 15) is 0 Å². The van der Waals surface area contributed by atoms with Gasteiger partial charge in [0.15, 0.2) is 6.10 Å². The summed E-state index contributed by atoms with van der Waals surface area (Å²) in [7, 11) is 0. The second kappa shape index (κ2) is 2.82. The third-order valence-electron chi connectivity index (χ3n) is 1.07. The third kappa shape index (κ3) is 1.35. The predicted octanol–water partition coefficient (Wildman–Crippen LogP) is 1.12. The SMILES string of the molecule is C#C[C@H](O)c1cnc(C)s1. The van der Waals surface area contributed by atoms with Gasteiger partial charge in [-0.2, -0.15) is 0 Å². The molecular formula is C7H7NOS. The molecule has 0 amide bonds. The minimum absolute atomic E-state index is 0.736. The van der Waals surface area contributed by atoms with Crippen molar-refractivity contribution in [2.75, 3.05) is 0 Å². The van der Waals surface area contributed by atoms with Gasteiger partial charge in [-0.25, -0.2) is 4.98 Å². The minimum atomic E-state index is -0.786. The van der Waals surface area contributed by atoms with Gasteiger partial charge in [0, 0.05) is 6.20 Å². The van der Waals surface area contributed by atoms with Crippen LogP contribution in [0.5, 0.6) is 0 Å². The van der Waals surface area contributed by atoms with Crippen LogP contribution in [0.4, 0.5) is 0 Å². The summed E-state index contributed by atoms with van der Waals surface area (Å²) in [5, 5.41) is 10.00. The van der Waals surface area contributed by atoms with Gasteiger partial charge in [-0.3, -0.25) is 0 Å². The smallest absolute Gasteiger partial charge is 0.150 e. The maximum absolute atomic E-state index is 9.08. The van der Waals surface area contributed by atoms with Gasteiger partial charge in [0.25, 0.3) is 0 Å². The van der Waals surface area contributed by atoms with Gasteiger partial charge in [0.2, 0.25) is 0 Å². The number of rotatable bonds is 1. The lowest BCUT2D eigenvalue weighted by Gasteiger charge is -1.94. The number of thiazole rings is 1. The van der Waals surface area contributed by atoms with Crippen LogP contribution in [0.3, 0.4) is 0 Å². The summed E-state index contributed by atoms with van der Waals surface area (Å²) in [6, 6.07) is 0. The van der Waals surface area contributed by atoms with Crippen molar-refractivity contribution in [3.63, 3.8) is 0 Å². The van der Waals surface area contributed by atoms with E-state index in [2.05, 4.69) is 10.9 Å². The lowest BCUT2D eigenvalue weighted by molar-refractivity contribution is 0.242. The molecule has 0 aliphatic rings. The molecule has 52 valence electrons. The van der Waals surface area contributed by atoms with E-state index >= 15 is 0 Å². The van der Waals surface area contributed by atoms with Crippen LogP contribution in [0.15, 0.2) is 6.20 Å². The number of nitrogens with zero attached hydrogens (tertiary/aromatic N) is 1. The number of aliphatic hydroxyl groups excluding tert-OH is 1. The number of aryl methyl sites for hydroxylation is 1. The minimum Gasteiger partial charge on any atom is -0.375 e. The van der Waals surface area contributed by atoms with Crippen LogP contribution in [0.2, 0.25) is 0 Å². The molecule has 0 aliphatic heterocycles. The van der Waals surface area contributed by atoms with Crippen LogP contribution in [-0.4, -0.2) is 10.1 Å². The summed E-state index contributed by atoms with van der Waals surface area (Å²) < 4.78 is 0. The van der Waals surface area contributed by atoms with Crippen molar-refractivity contribution >= 4 is 11.3 Å². The lowest BCUT2D eigenvalue weighted by Crippen LogP contribution is -1.87. The lowest BCUT2D eigenvalue weighted by atomic mass is 10.3. The molecule has 1 rings (SSSR count). The van der Waals surface area contributed by atoms with E-state index < -0.39 is 6.10 Å². The number of hydrogen-bond acceptors (Lipinski definition) is 3. The van der Waals surface area contributed by atoms with Crippen LogP contribution in [-0.2, 0) is 0 Å². The second-order valence-electron chi connectivity index (χ2n) is 1.85. The Morgan fingerprint density at radius 1 is 1.90 bits per heavy atom. The second-order valence-corrected chi connectivity index (χ2v) is 3.12. The molecule has 10 heavy (non-hydrogen) atoms.